The number of ether oxygens (including phenoxy) is 1. The zero-order chi connectivity index (χ0) is 15.9. The molecule has 0 saturated carbocycles. The average molecular weight is 302 g/mol. The van der Waals surface area contributed by atoms with Gasteiger partial charge in [0.25, 0.3) is 0 Å². The molecular weight excluding hydrogens is 280 g/mol. The molecule has 1 aromatic heterocycles. The van der Waals surface area contributed by atoms with Crippen molar-refractivity contribution in [3.63, 3.8) is 0 Å². The number of benzene rings is 1. The van der Waals surface area contributed by atoms with Crippen LogP contribution in [0.15, 0.2) is 36.9 Å². The Morgan fingerprint density at radius 1 is 1.32 bits per heavy atom. The average Bonchev–Trinajstić information content (AvgIpc) is 3.00. The molecule has 1 heterocycles. The van der Waals surface area contributed by atoms with E-state index in [0.717, 1.165) is 5.75 Å². The van der Waals surface area contributed by atoms with E-state index < -0.39 is 0 Å². The molecule has 2 atom stereocenters. The van der Waals surface area contributed by atoms with E-state index in [9.17, 15) is 4.79 Å². The molecule has 1 aromatic carbocycles. The van der Waals surface area contributed by atoms with Gasteiger partial charge in [-0.1, -0.05) is 24.6 Å². The van der Waals surface area contributed by atoms with Crippen molar-refractivity contribution in [2.24, 2.45) is 5.92 Å². The first-order valence-corrected chi connectivity index (χ1v) is 7.38. The normalized spacial score (nSPS) is 13.4. The molecule has 1 N–H and O–H groups in total. The molecule has 6 nitrogen and oxygen atoms in total. The van der Waals surface area contributed by atoms with Crippen LogP contribution in [-0.2, 0) is 11.3 Å². The molecule has 1 amide bonds. The molecule has 0 bridgehead atoms. The number of nitrogens with zero attached hydrogens (tertiary/aromatic N) is 3. The highest BCUT2D eigenvalue weighted by atomic mass is 16.5. The van der Waals surface area contributed by atoms with E-state index >= 15 is 0 Å². The lowest BCUT2D eigenvalue weighted by Crippen LogP contribution is -2.37. The summed E-state index contributed by atoms with van der Waals surface area (Å²) < 4.78 is 7.41. The standard InChI is InChI=1S/C16H22N4O2/c1-12-4-6-15(7-5-12)22-14(3)8-18-16(21)13(2)9-20-11-17-10-19-20/h4-7,10-11,13-14H,8-9H2,1-3H3,(H,18,21)/t13-,14-/m1/s1. The lowest BCUT2D eigenvalue weighted by Gasteiger charge is -2.17. The van der Waals surface area contributed by atoms with Crippen LogP contribution in [0.5, 0.6) is 5.75 Å². The van der Waals surface area contributed by atoms with E-state index in [1.807, 2.05) is 45.0 Å². The van der Waals surface area contributed by atoms with Crippen molar-refractivity contribution in [1.29, 1.82) is 0 Å². The molecule has 0 unspecified atom stereocenters. The Balaban J connectivity index is 1.74. The summed E-state index contributed by atoms with van der Waals surface area (Å²) in [5.74, 6) is 0.617. The third-order valence-corrected chi connectivity index (χ3v) is 3.30. The molecule has 2 aromatic rings. The van der Waals surface area contributed by atoms with Crippen molar-refractivity contribution < 1.29 is 9.53 Å². The van der Waals surface area contributed by atoms with Crippen molar-refractivity contribution in [1.82, 2.24) is 20.1 Å². The Kier molecular flexibility index (Phi) is 5.52. The number of carbonyl (C=O) groups is 1. The predicted molar refractivity (Wildman–Crippen MR) is 83.5 cm³/mol. The van der Waals surface area contributed by atoms with Gasteiger partial charge in [0.05, 0.1) is 19.0 Å². The lowest BCUT2D eigenvalue weighted by atomic mass is 10.1. The van der Waals surface area contributed by atoms with E-state index in [4.69, 9.17) is 4.74 Å². The zero-order valence-electron chi connectivity index (χ0n) is 13.2. The van der Waals surface area contributed by atoms with Gasteiger partial charge >= 0.3 is 0 Å². The number of hydrogen-bond donors (Lipinski definition) is 1. The predicted octanol–water partition coefficient (Wildman–Crippen LogP) is 1.81. The fourth-order valence-corrected chi connectivity index (χ4v) is 2.00. The van der Waals surface area contributed by atoms with Crippen LogP contribution < -0.4 is 10.1 Å². The smallest absolute Gasteiger partial charge is 0.224 e. The van der Waals surface area contributed by atoms with E-state index in [0.29, 0.717) is 13.1 Å². The number of amides is 1. The van der Waals surface area contributed by atoms with Gasteiger partial charge in [-0.05, 0) is 26.0 Å². The minimum absolute atomic E-state index is 0.0187. The Morgan fingerprint density at radius 2 is 2.05 bits per heavy atom. The monoisotopic (exact) mass is 302 g/mol. The number of carbonyl (C=O) groups excluding carboxylic acids is 1. The molecule has 22 heavy (non-hydrogen) atoms. The van der Waals surface area contributed by atoms with Gasteiger partial charge in [0.2, 0.25) is 5.91 Å². The maximum absolute atomic E-state index is 12.0. The van der Waals surface area contributed by atoms with Crippen LogP contribution >= 0.6 is 0 Å². The number of nitrogens with one attached hydrogen (secondary N) is 1. The molecule has 0 aliphatic rings. The maximum Gasteiger partial charge on any atom is 0.224 e. The fourth-order valence-electron chi connectivity index (χ4n) is 2.00. The second-order valence-corrected chi connectivity index (χ2v) is 5.51. The molecular formula is C16H22N4O2. The van der Waals surface area contributed by atoms with Crippen LogP contribution in [0.3, 0.4) is 0 Å². The van der Waals surface area contributed by atoms with Crippen LogP contribution in [0, 0.1) is 12.8 Å². The first-order chi connectivity index (χ1) is 10.5. The van der Waals surface area contributed by atoms with Crippen molar-refractivity contribution in [3.8, 4) is 5.75 Å². The SMILES string of the molecule is Cc1ccc(O[C@H](C)CNC(=O)[C@H](C)Cn2cncn2)cc1. The highest BCUT2D eigenvalue weighted by Crippen LogP contribution is 2.13. The first kappa shape index (κ1) is 16.0. The molecule has 0 spiro atoms. The number of aryl methyl sites for hydroxylation is 1. The van der Waals surface area contributed by atoms with E-state index in [-0.39, 0.29) is 17.9 Å². The van der Waals surface area contributed by atoms with Gasteiger partial charge in [-0.15, -0.1) is 0 Å². The lowest BCUT2D eigenvalue weighted by molar-refractivity contribution is -0.125. The van der Waals surface area contributed by atoms with Crippen LogP contribution in [-0.4, -0.2) is 33.3 Å². The summed E-state index contributed by atoms with van der Waals surface area (Å²) in [5, 5.41) is 6.90. The third kappa shape index (κ3) is 4.87. The van der Waals surface area contributed by atoms with E-state index in [1.165, 1.54) is 11.9 Å². The summed E-state index contributed by atoms with van der Waals surface area (Å²) in [6.45, 7) is 6.81. The Morgan fingerprint density at radius 3 is 2.68 bits per heavy atom. The molecule has 6 heteroatoms. The minimum atomic E-state index is -0.173. The fraction of sp³-hybridized carbons (Fsp3) is 0.438. The summed E-state index contributed by atoms with van der Waals surface area (Å²) in [6, 6.07) is 7.86. The van der Waals surface area contributed by atoms with Gasteiger partial charge in [0.15, 0.2) is 0 Å². The molecule has 0 radical (unpaired) electrons. The molecule has 2 rings (SSSR count). The van der Waals surface area contributed by atoms with Gasteiger partial charge in [-0.3, -0.25) is 9.48 Å². The second kappa shape index (κ2) is 7.59. The number of hydrogen-bond acceptors (Lipinski definition) is 4. The summed E-state index contributed by atoms with van der Waals surface area (Å²) in [4.78, 5) is 15.9. The zero-order valence-corrected chi connectivity index (χ0v) is 13.2. The molecule has 0 aliphatic carbocycles. The second-order valence-electron chi connectivity index (χ2n) is 5.51. The van der Waals surface area contributed by atoms with Crippen LogP contribution in [0.2, 0.25) is 0 Å². The van der Waals surface area contributed by atoms with Crippen molar-refractivity contribution in [2.45, 2.75) is 33.4 Å². The molecule has 0 saturated heterocycles. The summed E-state index contributed by atoms with van der Waals surface area (Å²) >= 11 is 0. The summed E-state index contributed by atoms with van der Waals surface area (Å²) in [5.41, 5.74) is 1.19. The van der Waals surface area contributed by atoms with Crippen molar-refractivity contribution >= 4 is 5.91 Å². The quantitative estimate of drug-likeness (QED) is 0.847. The van der Waals surface area contributed by atoms with E-state index in [1.54, 1.807) is 11.0 Å². The highest BCUT2D eigenvalue weighted by Gasteiger charge is 2.15. The first-order valence-electron chi connectivity index (χ1n) is 7.38. The summed E-state index contributed by atoms with van der Waals surface area (Å²) in [7, 11) is 0. The van der Waals surface area contributed by atoms with E-state index in [2.05, 4.69) is 15.4 Å². The third-order valence-electron chi connectivity index (χ3n) is 3.30. The summed E-state index contributed by atoms with van der Waals surface area (Å²) in [6.07, 6.45) is 2.97. The number of aromatic nitrogens is 3. The van der Waals surface area contributed by atoms with Crippen LogP contribution in [0.4, 0.5) is 0 Å². The number of rotatable bonds is 7. The van der Waals surface area contributed by atoms with Gasteiger partial charge in [0.1, 0.15) is 24.5 Å². The van der Waals surface area contributed by atoms with Crippen LogP contribution in [0.1, 0.15) is 19.4 Å². The van der Waals surface area contributed by atoms with Crippen LogP contribution in [0.25, 0.3) is 0 Å². The van der Waals surface area contributed by atoms with Crippen molar-refractivity contribution in [3.05, 3.63) is 42.5 Å². The Hall–Kier alpha value is -2.37. The van der Waals surface area contributed by atoms with Crippen molar-refractivity contribution in [2.75, 3.05) is 6.54 Å². The van der Waals surface area contributed by atoms with Gasteiger partial charge < -0.3 is 10.1 Å². The highest BCUT2D eigenvalue weighted by molar-refractivity contribution is 5.78. The Labute approximate surface area is 130 Å². The van der Waals surface area contributed by atoms with Gasteiger partial charge in [0, 0.05) is 0 Å². The maximum atomic E-state index is 12.0. The Bertz CT molecular complexity index is 581. The molecule has 118 valence electrons. The largest absolute Gasteiger partial charge is 0.489 e. The minimum Gasteiger partial charge on any atom is -0.489 e. The topological polar surface area (TPSA) is 69.0 Å². The van der Waals surface area contributed by atoms with Gasteiger partial charge in [-0.2, -0.15) is 5.10 Å². The molecule has 0 aliphatic heterocycles. The van der Waals surface area contributed by atoms with Gasteiger partial charge in [-0.25, -0.2) is 4.98 Å². The molecule has 0 fully saturated rings.